The molecule has 140 valence electrons. The smallest absolute Gasteiger partial charge is 0.223 e. The topological polar surface area (TPSA) is 60.0 Å². The van der Waals surface area contributed by atoms with Crippen LogP contribution < -0.4 is 19.5 Å². The van der Waals surface area contributed by atoms with Crippen molar-refractivity contribution in [3.63, 3.8) is 0 Å². The Morgan fingerprint density at radius 3 is 2.12 bits per heavy atom. The van der Waals surface area contributed by atoms with Gasteiger partial charge in [0.15, 0.2) is 11.5 Å². The molecule has 1 saturated carbocycles. The van der Waals surface area contributed by atoms with Crippen LogP contribution in [-0.4, -0.2) is 52.8 Å². The lowest BCUT2D eigenvalue weighted by atomic mass is 10.0. The van der Waals surface area contributed by atoms with Gasteiger partial charge < -0.3 is 24.4 Å². The van der Waals surface area contributed by atoms with Gasteiger partial charge >= 0.3 is 0 Å². The maximum Gasteiger partial charge on any atom is 0.223 e. The van der Waals surface area contributed by atoms with E-state index in [4.69, 9.17) is 14.2 Å². The SMILES string of the molecule is COc1cc(C(CNC(=O)C(C)C2CC2)N(C)C)cc(OC)c1OC. The second-order valence-corrected chi connectivity index (χ2v) is 6.81. The summed E-state index contributed by atoms with van der Waals surface area (Å²) in [5, 5.41) is 3.09. The summed E-state index contributed by atoms with van der Waals surface area (Å²) >= 11 is 0. The van der Waals surface area contributed by atoms with Gasteiger partial charge in [-0.15, -0.1) is 0 Å². The van der Waals surface area contributed by atoms with Gasteiger partial charge in [0.25, 0.3) is 0 Å². The molecule has 2 rings (SSSR count). The summed E-state index contributed by atoms with van der Waals surface area (Å²) < 4.78 is 16.3. The first kappa shape index (κ1) is 19.4. The van der Waals surface area contributed by atoms with Gasteiger partial charge in [-0.3, -0.25) is 4.79 Å². The predicted molar refractivity (Wildman–Crippen MR) is 97.4 cm³/mol. The van der Waals surface area contributed by atoms with Gasteiger partial charge in [-0.1, -0.05) is 6.92 Å². The van der Waals surface area contributed by atoms with E-state index in [1.54, 1.807) is 21.3 Å². The average Bonchev–Trinajstić information content (AvgIpc) is 3.44. The largest absolute Gasteiger partial charge is 0.493 e. The van der Waals surface area contributed by atoms with E-state index < -0.39 is 0 Å². The Balaban J connectivity index is 2.19. The highest BCUT2D eigenvalue weighted by molar-refractivity contribution is 5.79. The van der Waals surface area contributed by atoms with Crippen molar-refractivity contribution < 1.29 is 19.0 Å². The molecule has 6 heteroatoms. The fourth-order valence-corrected chi connectivity index (χ4v) is 3.06. The number of methoxy groups -OCH3 is 3. The number of likely N-dealkylation sites (N-methyl/N-ethyl adjacent to an activating group) is 1. The van der Waals surface area contributed by atoms with Crippen LogP contribution in [0.2, 0.25) is 0 Å². The van der Waals surface area contributed by atoms with Crippen LogP contribution in [0.4, 0.5) is 0 Å². The first-order valence-corrected chi connectivity index (χ1v) is 8.66. The average molecular weight is 350 g/mol. The lowest BCUT2D eigenvalue weighted by molar-refractivity contribution is -0.125. The molecule has 6 nitrogen and oxygen atoms in total. The van der Waals surface area contributed by atoms with E-state index in [-0.39, 0.29) is 17.9 Å². The number of carbonyl (C=O) groups is 1. The molecule has 25 heavy (non-hydrogen) atoms. The molecule has 0 bridgehead atoms. The van der Waals surface area contributed by atoms with Crippen LogP contribution in [0.1, 0.15) is 31.4 Å². The first-order chi connectivity index (χ1) is 11.9. The van der Waals surface area contributed by atoms with E-state index in [0.717, 1.165) is 5.56 Å². The molecule has 1 amide bonds. The van der Waals surface area contributed by atoms with Crippen molar-refractivity contribution in [2.24, 2.45) is 11.8 Å². The molecule has 1 fully saturated rings. The molecular formula is C19H30N2O4. The van der Waals surface area contributed by atoms with Gasteiger partial charge in [-0.25, -0.2) is 0 Å². The van der Waals surface area contributed by atoms with E-state index in [9.17, 15) is 4.79 Å². The molecule has 2 atom stereocenters. The molecule has 0 aliphatic heterocycles. The lowest BCUT2D eigenvalue weighted by Gasteiger charge is -2.27. The Bertz CT molecular complexity index is 574. The Kier molecular flexibility index (Phi) is 6.53. The first-order valence-electron chi connectivity index (χ1n) is 8.66. The fraction of sp³-hybridized carbons (Fsp3) is 0.632. The molecule has 1 aromatic rings. The number of amides is 1. The molecular weight excluding hydrogens is 320 g/mol. The van der Waals surface area contributed by atoms with Gasteiger partial charge in [-0.2, -0.15) is 0 Å². The number of nitrogens with one attached hydrogen (secondary N) is 1. The van der Waals surface area contributed by atoms with Crippen molar-refractivity contribution >= 4 is 5.91 Å². The summed E-state index contributed by atoms with van der Waals surface area (Å²) in [6.45, 7) is 2.54. The molecule has 0 saturated heterocycles. The van der Waals surface area contributed by atoms with E-state index in [0.29, 0.717) is 29.7 Å². The predicted octanol–water partition coefficient (Wildman–Crippen LogP) is 2.48. The van der Waals surface area contributed by atoms with Gasteiger partial charge in [0.2, 0.25) is 11.7 Å². The van der Waals surface area contributed by atoms with Crippen LogP contribution in [0.3, 0.4) is 0 Å². The Morgan fingerprint density at radius 2 is 1.72 bits per heavy atom. The summed E-state index contributed by atoms with van der Waals surface area (Å²) in [5.41, 5.74) is 0.999. The van der Waals surface area contributed by atoms with E-state index in [1.165, 1.54) is 12.8 Å². The molecule has 0 radical (unpaired) electrons. The summed E-state index contributed by atoms with van der Waals surface area (Å²) in [6, 6.07) is 3.87. The molecule has 0 spiro atoms. The summed E-state index contributed by atoms with van der Waals surface area (Å²) in [6.07, 6.45) is 2.33. The number of carbonyl (C=O) groups excluding carboxylic acids is 1. The second-order valence-electron chi connectivity index (χ2n) is 6.81. The van der Waals surface area contributed by atoms with Crippen molar-refractivity contribution in [2.75, 3.05) is 42.0 Å². The van der Waals surface area contributed by atoms with Crippen LogP contribution in [0.25, 0.3) is 0 Å². The molecule has 1 N–H and O–H groups in total. The number of hydrogen-bond acceptors (Lipinski definition) is 5. The number of benzene rings is 1. The van der Waals surface area contributed by atoms with Gasteiger partial charge in [0.05, 0.1) is 27.4 Å². The minimum Gasteiger partial charge on any atom is -0.493 e. The van der Waals surface area contributed by atoms with Crippen molar-refractivity contribution in [2.45, 2.75) is 25.8 Å². The van der Waals surface area contributed by atoms with Crippen LogP contribution in [0, 0.1) is 11.8 Å². The highest BCUT2D eigenvalue weighted by atomic mass is 16.5. The monoisotopic (exact) mass is 350 g/mol. The summed E-state index contributed by atoms with van der Waals surface area (Å²) in [4.78, 5) is 14.4. The standard InChI is InChI=1S/C19H30N2O4/c1-12(13-7-8-13)19(22)20-11-15(21(2)3)14-9-16(23-4)18(25-6)17(10-14)24-5/h9-10,12-13,15H,7-8,11H2,1-6H3,(H,20,22). The Labute approximate surface area is 150 Å². The second kappa shape index (κ2) is 8.43. The number of rotatable bonds is 9. The zero-order valence-corrected chi connectivity index (χ0v) is 16.1. The molecule has 0 heterocycles. The lowest BCUT2D eigenvalue weighted by Crippen LogP contribution is -2.37. The zero-order chi connectivity index (χ0) is 18.6. The minimum absolute atomic E-state index is 0.00376. The van der Waals surface area contributed by atoms with Crippen LogP contribution >= 0.6 is 0 Å². The number of nitrogens with zero attached hydrogens (tertiary/aromatic N) is 1. The zero-order valence-electron chi connectivity index (χ0n) is 16.1. The fourth-order valence-electron chi connectivity index (χ4n) is 3.06. The number of hydrogen-bond donors (Lipinski definition) is 1. The highest BCUT2D eigenvalue weighted by Crippen LogP contribution is 2.40. The van der Waals surface area contributed by atoms with Crippen LogP contribution in [0.5, 0.6) is 17.2 Å². The minimum atomic E-state index is 0.00376. The highest BCUT2D eigenvalue weighted by Gasteiger charge is 2.33. The van der Waals surface area contributed by atoms with Crippen molar-refractivity contribution in [3.8, 4) is 17.2 Å². The molecule has 1 aliphatic rings. The van der Waals surface area contributed by atoms with Crippen LogP contribution in [-0.2, 0) is 4.79 Å². The van der Waals surface area contributed by atoms with E-state index >= 15 is 0 Å². The summed E-state index contributed by atoms with van der Waals surface area (Å²) in [5.74, 6) is 2.56. The molecule has 1 aromatic carbocycles. The van der Waals surface area contributed by atoms with Gasteiger partial charge in [0, 0.05) is 12.5 Å². The van der Waals surface area contributed by atoms with Crippen molar-refractivity contribution in [1.82, 2.24) is 10.2 Å². The maximum atomic E-state index is 12.3. The third kappa shape index (κ3) is 4.57. The van der Waals surface area contributed by atoms with Crippen LogP contribution in [0.15, 0.2) is 12.1 Å². The number of ether oxygens (including phenoxy) is 3. The maximum absolute atomic E-state index is 12.3. The Morgan fingerprint density at radius 1 is 1.16 bits per heavy atom. The third-order valence-corrected chi connectivity index (χ3v) is 4.91. The molecule has 2 unspecified atom stereocenters. The van der Waals surface area contributed by atoms with E-state index in [1.807, 2.05) is 33.2 Å². The van der Waals surface area contributed by atoms with Crippen molar-refractivity contribution in [1.29, 1.82) is 0 Å². The Hall–Kier alpha value is -1.95. The van der Waals surface area contributed by atoms with E-state index in [2.05, 4.69) is 10.2 Å². The van der Waals surface area contributed by atoms with Crippen molar-refractivity contribution in [3.05, 3.63) is 17.7 Å². The third-order valence-electron chi connectivity index (χ3n) is 4.91. The quantitative estimate of drug-likeness (QED) is 0.741. The van der Waals surface area contributed by atoms with Gasteiger partial charge in [-0.05, 0) is 50.6 Å². The molecule has 1 aliphatic carbocycles. The van der Waals surface area contributed by atoms with Gasteiger partial charge in [0.1, 0.15) is 0 Å². The normalized spacial score (nSPS) is 16.3. The summed E-state index contributed by atoms with van der Waals surface area (Å²) in [7, 11) is 8.77. The molecule has 0 aromatic heterocycles.